The molecule has 0 atom stereocenters. The zero-order valence-electron chi connectivity index (χ0n) is 22.2. The van der Waals surface area contributed by atoms with Gasteiger partial charge in [0.2, 0.25) is 0 Å². The topological polar surface area (TPSA) is 84.9 Å². The van der Waals surface area contributed by atoms with Crippen LogP contribution in [0.2, 0.25) is 0 Å². The third-order valence-corrected chi connectivity index (χ3v) is 9.54. The fraction of sp³-hybridized carbons (Fsp3) is 0.129. The highest BCUT2D eigenvalue weighted by Crippen LogP contribution is 2.46. The molecule has 0 saturated heterocycles. The zero-order valence-corrected chi connectivity index (χ0v) is 23.9. The number of hydrogen-bond donors (Lipinski definition) is 1. The van der Waals surface area contributed by atoms with E-state index >= 15 is 0 Å². The number of nitrogens with one attached hydrogen (secondary N) is 1. The van der Waals surface area contributed by atoms with E-state index in [0.717, 1.165) is 15.4 Å². The second-order valence-electron chi connectivity index (χ2n) is 9.04. The number of benzene rings is 4. The third kappa shape index (κ3) is 5.30. The minimum atomic E-state index is -4.26. The number of ether oxygens (including phenoxy) is 2. The minimum absolute atomic E-state index is 0.0379. The van der Waals surface area contributed by atoms with Crippen molar-refractivity contribution in [3.63, 3.8) is 0 Å². The van der Waals surface area contributed by atoms with Crippen LogP contribution in [0.5, 0.6) is 11.5 Å². The van der Waals surface area contributed by atoms with Crippen LogP contribution in [0.3, 0.4) is 0 Å². The molecule has 0 saturated carbocycles. The molecule has 0 aromatic heterocycles. The maximum Gasteiger partial charge on any atom is 0.270 e. The molecule has 7 nitrogen and oxygen atoms in total. The van der Waals surface area contributed by atoms with Gasteiger partial charge in [-0.25, -0.2) is 8.42 Å². The Morgan fingerprint density at radius 3 is 2.12 bits per heavy atom. The molecule has 1 amide bonds. The van der Waals surface area contributed by atoms with Crippen molar-refractivity contribution in [2.75, 3.05) is 23.8 Å². The van der Waals surface area contributed by atoms with E-state index in [9.17, 15) is 13.2 Å². The van der Waals surface area contributed by atoms with E-state index in [1.54, 1.807) is 31.2 Å². The first-order chi connectivity index (χ1) is 19.3. The summed E-state index contributed by atoms with van der Waals surface area (Å²) in [6.45, 7) is 1.68. The van der Waals surface area contributed by atoms with Crippen LogP contribution >= 0.6 is 11.8 Å². The van der Waals surface area contributed by atoms with Crippen LogP contribution in [0.1, 0.15) is 18.1 Å². The lowest BCUT2D eigenvalue weighted by Crippen LogP contribution is -2.39. The summed E-state index contributed by atoms with van der Waals surface area (Å²) >= 11 is 1.48. The number of methoxy groups -OCH3 is 2. The fourth-order valence-electron chi connectivity index (χ4n) is 4.59. The normalized spacial score (nSPS) is 13.9. The number of allylic oxidation sites excluding steroid dienone is 1. The van der Waals surface area contributed by atoms with E-state index in [-0.39, 0.29) is 11.4 Å². The van der Waals surface area contributed by atoms with Crippen molar-refractivity contribution in [2.24, 2.45) is 0 Å². The van der Waals surface area contributed by atoms with Crippen molar-refractivity contribution in [3.8, 4) is 11.5 Å². The van der Waals surface area contributed by atoms with Gasteiger partial charge in [-0.3, -0.25) is 9.10 Å². The third-order valence-electron chi connectivity index (χ3n) is 6.54. The average molecular weight is 573 g/mol. The zero-order chi connectivity index (χ0) is 28.3. The number of sulfonamides is 1. The summed E-state index contributed by atoms with van der Waals surface area (Å²) in [5, 5.41) is 2.87. The highest BCUT2D eigenvalue weighted by atomic mass is 32.2. The molecule has 0 unspecified atom stereocenters. The lowest BCUT2D eigenvalue weighted by Gasteiger charge is -2.33. The highest BCUT2D eigenvalue weighted by Gasteiger charge is 2.40. The Hall–Kier alpha value is -4.21. The van der Waals surface area contributed by atoms with Gasteiger partial charge in [-0.1, -0.05) is 72.4 Å². The second-order valence-corrected chi connectivity index (χ2v) is 12.0. The van der Waals surface area contributed by atoms with Crippen molar-refractivity contribution in [1.29, 1.82) is 0 Å². The molecular weight excluding hydrogens is 544 g/mol. The second kappa shape index (κ2) is 11.5. The first-order valence-corrected chi connectivity index (χ1v) is 14.8. The Labute approximate surface area is 238 Å². The first kappa shape index (κ1) is 27.4. The predicted octanol–water partition coefficient (Wildman–Crippen LogP) is 6.57. The molecule has 1 aliphatic heterocycles. The first-order valence-electron chi connectivity index (χ1n) is 12.5. The molecule has 1 N–H and O–H groups in total. The highest BCUT2D eigenvalue weighted by molar-refractivity contribution is 7.99. The van der Waals surface area contributed by atoms with Gasteiger partial charge >= 0.3 is 0 Å². The van der Waals surface area contributed by atoms with E-state index in [1.165, 1.54) is 30.3 Å². The van der Waals surface area contributed by atoms with Crippen LogP contribution in [0.15, 0.2) is 112 Å². The van der Waals surface area contributed by atoms with Crippen molar-refractivity contribution >= 4 is 44.6 Å². The molecule has 1 aliphatic rings. The maximum absolute atomic E-state index is 14.2. The van der Waals surface area contributed by atoms with Crippen LogP contribution in [-0.2, 0) is 21.4 Å². The van der Waals surface area contributed by atoms with Gasteiger partial charge in [-0.05, 0) is 48.4 Å². The summed E-state index contributed by atoms with van der Waals surface area (Å²) in [4.78, 5) is 15.3. The van der Waals surface area contributed by atoms with Gasteiger partial charge in [-0.2, -0.15) is 0 Å². The number of para-hydroxylation sites is 1. The van der Waals surface area contributed by atoms with Crippen LogP contribution in [0, 0.1) is 0 Å². The Morgan fingerprint density at radius 1 is 0.850 bits per heavy atom. The van der Waals surface area contributed by atoms with E-state index in [1.807, 2.05) is 72.8 Å². The SMILES string of the molecule is COc1cc2c(cc1OC)N(Cc1ccccc1)S(=O)(=O)C(C(=O)Nc1ccccc1Sc1ccccc1)=C2C. The van der Waals surface area contributed by atoms with Crippen molar-refractivity contribution < 1.29 is 22.7 Å². The number of hydrogen-bond acceptors (Lipinski definition) is 6. The monoisotopic (exact) mass is 572 g/mol. The summed E-state index contributed by atoms with van der Waals surface area (Å²) in [6.07, 6.45) is 0. The molecule has 0 bridgehead atoms. The van der Waals surface area contributed by atoms with Crippen LogP contribution in [-0.4, -0.2) is 28.5 Å². The molecule has 1 heterocycles. The minimum Gasteiger partial charge on any atom is -0.493 e. The van der Waals surface area contributed by atoms with Crippen molar-refractivity contribution in [2.45, 2.75) is 23.3 Å². The Bertz CT molecular complexity index is 1690. The maximum atomic E-state index is 14.2. The van der Waals surface area contributed by atoms with Gasteiger partial charge in [0.15, 0.2) is 16.4 Å². The van der Waals surface area contributed by atoms with Crippen LogP contribution < -0.4 is 19.1 Å². The Balaban J connectivity index is 1.60. The van der Waals surface area contributed by atoms with E-state index in [0.29, 0.717) is 34.0 Å². The van der Waals surface area contributed by atoms with E-state index in [4.69, 9.17) is 9.47 Å². The molecule has 5 rings (SSSR count). The molecule has 9 heteroatoms. The summed E-state index contributed by atoms with van der Waals surface area (Å²) < 4.78 is 40.6. The largest absolute Gasteiger partial charge is 0.493 e. The van der Waals surface area contributed by atoms with Crippen LogP contribution in [0.25, 0.3) is 5.57 Å². The molecule has 40 heavy (non-hydrogen) atoms. The van der Waals surface area contributed by atoms with Crippen molar-refractivity contribution in [1.82, 2.24) is 0 Å². The van der Waals surface area contributed by atoms with E-state index in [2.05, 4.69) is 5.32 Å². The summed E-state index contributed by atoms with van der Waals surface area (Å²) in [7, 11) is -1.25. The number of amides is 1. The molecule has 4 aromatic carbocycles. The predicted molar refractivity (Wildman–Crippen MR) is 159 cm³/mol. The molecule has 0 spiro atoms. The average Bonchev–Trinajstić information content (AvgIpc) is 2.96. The smallest absolute Gasteiger partial charge is 0.270 e. The number of fused-ring (bicyclic) bond motifs is 1. The summed E-state index contributed by atoms with van der Waals surface area (Å²) in [6, 6.07) is 29.7. The Morgan fingerprint density at radius 2 is 1.45 bits per heavy atom. The fourth-order valence-corrected chi connectivity index (χ4v) is 7.25. The van der Waals surface area contributed by atoms with Gasteiger partial charge in [-0.15, -0.1) is 0 Å². The number of rotatable bonds is 8. The molecular formula is C31H28N2O5S2. The number of nitrogens with zero attached hydrogens (tertiary/aromatic N) is 1. The number of carbonyl (C=O) groups is 1. The lowest BCUT2D eigenvalue weighted by atomic mass is 10.0. The molecule has 0 aliphatic carbocycles. The van der Waals surface area contributed by atoms with E-state index < -0.39 is 15.9 Å². The summed E-state index contributed by atoms with van der Waals surface area (Å²) in [5.41, 5.74) is 2.60. The van der Waals surface area contributed by atoms with Gasteiger partial charge in [0.1, 0.15) is 0 Å². The summed E-state index contributed by atoms with van der Waals surface area (Å²) in [5.74, 6) is 0.114. The van der Waals surface area contributed by atoms with Crippen LogP contribution in [0.4, 0.5) is 11.4 Å². The standard InChI is InChI=1S/C31H28N2O5S2/c1-21-24-18-27(37-2)28(38-3)19-26(24)33(20-22-12-6-4-7-13-22)40(35,36)30(21)31(34)32-25-16-10-11-17-29(25)39-23-14-8-5-9-15-23/h4-19H,20H2,1-3H3,(H,32,34). The van der Waals surface area contributed by atoms with Crippen molar-refractivity contribution in [3.05, 3.63) is 113 Å². The lowest BCUT2D eigenvalue weighted by molar-refractivity contribution is -0.112. The van der Waals surface area contributed by atoms with Gasteiger partial charge in [0, 0.05) is 21.4 Å². The molecule has 0 fully saturated rings. The van der Waals surface area contributed by atoms with Gasteiger partial charge in [0.05, 0.1) is 32.1 Å². The molecule has 204 valence electrons. The van der Waals surface area contributed by atoms with Gasteiger partial charge < -0.3 is 14.8 Å². The number of anilines is 2. The van der Waals surface area contributed by atoms with Gasteiger partial charge in [0.25, 0.3) is 15.9 Å². The molecule has 0 radical (unpaired) electrons. The molecule has 4 aromatic rings. The Kier molecular flexibility index (Phi) is 7.86. The quantitative estimate of drug-likeness (QED) is 0.257. The number of carbonyl (C=O) groups excluding carboxylic acids is 1.